The average Bonchev–Trinajstić information content (AvgIpc) is 3.10. The molecule has 0 aliphatic heterocycles. The Morgan fingerprint density at radius 3 is 2.65 bits per heavy atom. The van der Waals surface area contributed by atoms with Gasteiger partial charge in [0.2, 0.25) is 11.8 Å². The second-order valence-electron chi connectivity index (χ2n) is 5.39. The van der Waals surface area contributed by atoms with Crippen molar-refractivity contribution in [2.45, 2.75) is 31.8 Å². The SMILES string of the molecule is C=CC(=O)N(c1ccco1)C(C)C(=O)NC(CCCN=C(N)N)C(=O)O. The highest BCUT2D eigenvalue weighted by atomic mass is 16.4. The minimum Gasteiger partial charge on any atom is -0.480 e. The summed E-state index contributed by atoms with van der Waals surface area (Å²) in [6.45, 7) is 5.09. The lowest BCUT2D eigenvalue weighted by Gasteiger charge is -2.26. The van der Waals surface area contributed by atoms with Crippen molar-refractivity contribution in [3.8, 4) is 0 Å². The fourth-order valence-corrected chi connectivity index (χ4v) is 2.17. The number of hydrogen-bond donors (Lipinski definition) is 4. The molecule has 1 heterocycles. The van der Waals surface area contributed by atoms with Gasteiger partial charge in [-0.05, 0) is 31.9 Å². The summed E-state index contributed by atoms with van der Waals surface area (Å²) >= 11 is 0. The van der Waals surface area contributed by atoms with E-state index in [0.717, 1.165) is 11.0 Å². The van der Waals surface area contributed by atoms with Crippen molar-refractivity contribution in [1.29, 1.82) is 0 Å². The standard InChI is InChI=1S/C16H23N5O5/c1-3-12(22)21(13-7-5-9-26-13)10(2)14(23)20-11(15(24)25)6-4-8-19-16(17)18/h3,5,7,9-11H,1,4,6,8H2,2H3,(H,20,23)(H,24,25)(H4,17,18,19). The third kappa shape index (κ3) is 5.96. The van der Waals surface area contributed by atoms with Gasteiger partial charge < -0.3 is 26.3 Å². The quantitative estimate of drug-likeness (QED) is 0.193. The summed E-state index contributed by atoms with van der Waals surface area (Å²) < 4.78 is 5.17. The van der Waals surface area contributed by atoms with Crippen LogP contribution in [0.3, 0.4) is 0 Å². The number of aliphatic imine (C=N–C) groups is 1. The van der Waals surface area contributed by atoms with E-state index < -0.39 is 29.9 Å². The molecule has 2 amide bonds. The minimum absolute atomic E-state index is 0.0911. The van der Waals surface area contributed by atoms with Gasteiger partial charge in [-0.25, -0.2) is 4.79 Å². The molecular formula is C16H23N5O5. The van der Waals surface area contributed by atoms with Crippen molar-refractivity contribution < 1.29 is 23.9 Å². The van der Waals surface area contributed by atoms with Gasteiger partial charge in [-0.1, -0.05) is 6.58 Å². The van der Waals surface area contributed by atoms with Crippen molar-refractivity contribution in [2.24, 2.45) is 16.5 Å². The summed E-state index contributed by atoms with van der Waals surface area (Å²) in [7, 11) is 0. The molecule has 1 rings (SSSR count). The number of hydrogen-bond acceptors (Lipinski definition) is 5. The normalized spacial score (nSPS) is 12.5. The van der Waals surface area contributed by atoms with Crippen LogP contribution in [-0.4, -0.2) is 47.5 Å². The molecule has 2 atom stereocenters. The summed E-state index contributed by atoms with van der Waals surface area (Å²) in [4.78, 5) is 40.7. The van der Waals surface area contributed by atoms with Crippen LogP contribution in [0.15, 0.2) is 40.5 Å². The van der Waals surface area contributed by atoms with E-state index in [4.69, 9.17) is 15.9 Å². The van der Waals surface area contributed by atoms with E-state index in [2.05, 4.69) is 16.9 Å². The third-order valence-electron chi connectivity index (χ3n) is 3.48. The molecular weight excluding hydrogens is 342 g/mol. The highest BCUT2D eigenvalue weighted by molar-refractivity contribution is 6.05. The van der Waals surface area contributed by atoms with E-state index >= 15 is 0 Å². The van der Waals surface area contributed by atoms with Crippen LogP contribution in [0, 0.1) is 0 Å². The van der Waals surface area contributed by atoms with Gasteiger partial charge in [-0.3, -0.25) is 19.5 Å². The maximum absolute atomic E-state index is 12.4. The molecule has 2 unspecified atom stereocenters. The largest absolute Gasteiger partial charge is 0.480 e. The number of carbonyl (C=O) groups excluding carboxylic acids is 2. The molecule has 10 heteroatoms. The molecule has 26 heavy (non-hydrogen) atoms. The smallest absolute Gasteiger partial charge is 0.326 e. The fraction of sp³-hybridized carbons (Fsp3) is 0.375. The van der Waals surface area contributed by atoms with Gasteiger partial charge in [-0.15, -0.1) is 0 Å². The van der Waals surface area contributed by atoms with Crippen LogP contribution in [0.25, 0.3) is 0 Å². The van der Waals surface area contributed by atoms with Crippen molar-refractivity contribution in [2.75, 3.05) is 11.4 Å². The van der Waals surface area contributed by atoms with E-state index in [-0.39, 0.29) is 24.8 Å². The summed E-state index contributed by atoms with van der Waals surface area (Å²) in [5, 5.41) is 11.7. The Bertz CT molecular complexity index is 667. The summed E-state index contributed by atoms with van der Waals surface area (Å²) in [5.74, 6) is -2.34. The maximum atomic E-state index is 12.4. The summed E-state index contributed by atoms with van der Waals surface area (Å²) in [6.07, 6.45) is 2.88. The van der Waals surface area contributed by atoms with Gasteiger partial charge in [0.15, 0.2) is 5.96 Å². The molecule has 0 fully saturated rings. The number of furan rings is 1. The monoisotopic (exact) mass is 365 g/mol. The zero-order valence-electron chi connectivity index (χ0n) is 14.4. The van der Waals surface area contributed by atoms with Crippen molar-refractivity contribution in [3.05, 3.63) is 31.1 Å². The number of rotatable bonds is 10. The van der Waals surface area contributed by atoms with E-state index in [9.17, 15) is 19.5 Å². The van der Waals surface area contributed by atoms with Crippen LogP contribution >= 0.6 is 0 Å². The number of guanidine groups is 1. The molecule has 0 saturated heterocycles. The number of carboxylic acid groups (broad SMARTS) is 1. The number of nitrogens with two attached hydrogens (primary N) is 2. The summed E-state index contributed by atoms with van der Waals surface area (Å²) in [5.41, 5.74) is 10.4. The van der Waals surface area contributed by atoms with Crippen LogP contribution in [-0.2, 0) is 14.4 Å². The maximum Gasteiger partial charge on any atom is 0.326 e. The second-order valence-corrected chi connectivity index (χ2v) is 5.39. The first-order valence-corrected chi connectivity index (χ1v) is 7.85. The lowest BCUT2D eigenvalue weighted by atomic mass is 10.1. The fourth-order valence-electron chi connectivity index (χ4n) is 2.17. The van der Waals surface area contributed by atoms with Gasteiger partial charge in [0.1, 0.15) is 12.1 Å². The third-order valence-corrected chi connectivity index (χ3v) is 3.48. The molecule has 0 aliphatic rings. The average molecular weight is 365 g/mol. The first kappa shape index (κ1) is 20.7. The predicted octanol–water partition coefficient (Wildman–Crippen LogP) is -0.190. The topological polar surface area (TPSA) is 164 Å². The predicted molar refractivity (Wildman–Crippen MR) is 95.3 cm³/mol. The molecule has 142 valence electrons. The van der Waals surface area contributed by atoms with E-state index in [1.54, 1.807) is 6.07 Å². The zero-order valence-corrected chi connectivity index (χ0v) is 14.4. The van der Waals surface area contributed by atoms with Gasteiger partial charge in [0.05, 0.1) is 6.26 Å². The highest BCUT2D eigenvalue weighted by Crippen LogP contribution is 2.18. The number of nitrogens with one attached hydrogen (secondary N) is 1. The van der Waals surface area contributed by atoms with Crippen LogP contribution in [0.1, 0.15) is 19.8 Å². The van der Waals surface area contributed by atoms with E-state index in [1.807, 2.05) is 0 Å². The molecule has 0 radical (unpaired) electrons. The number of anilines is 1. The molecule has 0 bridgehead atoms. The van der Waals surface area contributed by atoms with Crippen LogP contribution in [0.2, 0.25) is 0 Å². The van der Waals surface area contributed by atoms with Crippen LogP contribution in [0.4, 0.5) is 5.88 Å². The van der Waals surface area contributed by atoms with E-state index in [1.165, 1.54) is 19.3 Å². The number of nitrogens with zero attached hydrogens (tertiary/aromatic N) is 2. The van der Waals surface area contributed by atoms with Crippen molar-refractivity contribution in [1.82, 2.24) is 5.32 Å². The van der Waals surface area contributed by atoms with Crippen molar-refractivity contribution in [3.63, 3.8) is 0 Å². The number of amides is 2. The minimum atomic E-state index is -1.20. The van der Waals surface area contributed by atoms with Gasteiger partial charge in [0, 0.05) is 12.6 Å². The molecule has 0 aromatic carbocycles. The Kier molecular flexibility index (Phi) is 7.87. The Labute approximate surface area is 150 Å². The number of aliphatic carboxylic acids is 1. The van der Waals surface area contributed by atoms with Gasteiger partial charge in [-0.2, -0.15) is 0 Å². The molecule has 0 spiro atoms. The molecule has 6 N–H and O–H groups in total. The second kappa shape index (κ2) is 9.87. The number of carboxylic acids is 1. The molecule has 0 aliphatic carbocycles. The Morgan fingerprint density at radius 1 is 1.46 bits per heavy atom. The lowest BCUT2D eigenvalue weighted by molar-refractivity contribution is -0.142. The van der Waals surface area contributed by atoms with Gasteiger partial charge >= 0.3 is 5.97 Å². The lowest BCUT2D eigenvalue weighted by Crippen LogP contribution is -2.52. The van der Waals surface area contributed by atoms with Gasteiger partial charge in [0.25, 0.3) is 5.91 Å². The van der Waals surface area contributed by atoms with E-state index in [0.29, 0.717) is 6.42 Å². The molecule has 0 saturated carbocycles. The van der Waals surface area contributed by atoms with Crippen LogP contribution in [0.5, 0.6) is 0 Å². The van der Waals surface area contributed by atoms with Crippen LogP contribution < -0.4 is 21.7 Å². The zero-order chi connectivity index (χ0) is 19.7. The van der Waals surface area contributed by atoms with Crippen molar-refractivity contribution >= 4 is 29.6 Å². The molecule has 1 aromatic rings. The Morgan fingerprint density at radius 2 is 2.15 bits per heavy atom. The molecule has 10 nitrogen and oxygen atoms in total. The summed E-state index contributed by atoms with van der Waals surface area (Å²) in [6, 6.07) is 0.921. The first-order chi connectivity index (χ1) is 12.3. The highest BCUT2D eigenvalue weighted by Gasteiger charge is 2.30. The Hall–Kier alpha value is -3.30. The molecule has 1 aromatic heterocycles. The number of carbonyl (C=O) groups is 3. The first-order valence-electron chi connectivity index (χ1n) is 7.85. The Balaban J connectivity index is 2.79.